The van der Waals surface area contributed by atoms with Gasteiger partial charge in [-0.1, -0.05) is 31.5 Å². The van der Waals surface area contributed by atoms with Gasteiger partial charge in [-0.05, 0) is 37.4 Å². The Morgan fingerprint density at radius 2 is 2.00 bits per heavy atom. The van der Waals surface area contributed by atoms with Crippen LogP contribution in [0.25, 0.3) is 0 Å². The molecule has 0 amide bonds. The van der Waals surface area contributed by atoms with E-state index in [1.807, 2.05) is 41.6 Å². The van der Waals surface area contributed by atoms with E-state index < -0.39 is 6.23 Å². The fraction of sp³-hybridized carbons (Fsp3) is 0.412. The molecule has 1 atom stereocenters. The zero-order valence-electron chi connectivity index (χ0n) is 13.0. The van der Waals surface area contributed by atoms with E-state index in [4.69, 9.17) is 11.6 Å². The standard InChI is InChI=1S/C17H22ClFN2O/c1-3-20(4-2)17(22)11-15-6-5-9-21(15)12-13-7-8-14(18)10-16(13)19/h5-10,17,22H,3-4,11-12H2,1-2H3. The molecule has 120 valence electrons. The quantitative estimate of drug-likeness (QED) is 0.789. The van der Waals surface area contributed by atoms with Crippen molar-refractivity contribution < 1.29 is 9.50 Å². The molecule has 0 saturated heterocycles. The van der Waals surface area contributed by atoms with E-state index in [1.54, 1.807) is 12.1 Å². The van der Waals surface area contributed by atoms with E-state index in [0.717, 1.165) is 18.8 Å². The van der Waals surface area contributed by atoms with Gasteiger partial charge in [-0.15, -0.1) is 0 Å². The number of aliphatic hydroxyl groups excluding tert-OH is 1. The molecular weight excluding hydrogens is 303 g/mol. The molecule has 0 aliphatic rings. The monoisotopic (exact) mass is 324 g/mol. The second-order valence-electron chi connectivity index (χ2n) is 5.27. The minimum absolute atomic E-state index is 0.309. The Hall–Kier alpha value is -1.36. The number of nitrogens with zero attached hydrogens (tertiary/aromatic N) is 2. The van der Waals surface area contributed by atoms with Gasteiger partial charge in [-0.2, -0.15) is 0 Å². The van der Waals surface area contributed by atoms with Crippen LogP contribution in [-0.4, -0.2) is 33.9 Å². The maximum absolute atomic E-state index is 13.9. The summed E-state index contributed by atoms with van der Waals surface area (Å²) in [6.07, 6.45) is 1.89. The van der Waals surface area contributed by atoms with E-state index in [0.29, 0.717) is 23.6 Å². The van der Waals surface area contributed by atoms with Gasteiger partial charge >= 0.3 is 0 Å². The molecule has 0 fully saturated rings. The molecule has 0 aliphatic heterocycles. The van der Waals surface area contributed by atoms with Gasteiger partial charge in [-0.25, -0.2) is 4.39 Å². The zero-order valence-corrected chi connectivity index (χ0v) is 13.7. The van der Waals surface area contributed by atoms with Gasteiger partial charge in [0, 0.05) is 28.9 Å². The summed E-state index contributed by atoms with van der Waals surface area (Å²) >= 11 is 5.78. The second-order valence-corrected chi connectivity index (χ2v) is 5.71. The summed E-state index contributed by atoms with van der Waals surface area (Å²) in [5.41, 5.74) is 1.56. The van der Waals surface area contributed by atoms with Crippen molar-refractivity contribution in [3.05, 3.63) is 58.6 Å². The summed E-state index contributed by atoms with van der Waals surface area (Å²) in [7, 11) is 0. The molecule has 0 spiro atoms. The summed E-state index contributed by atoms with van der Waals surface area (Å²) in [5.74, 6) is -0.309. The number of aliphatic hydroxyl groups is 1. The third-order valence-electron chi connectivity index (χ3n) is 3.90. The highest BCUT2D eigenvalue weighted by Gasteiger charge is 2.15. The van der Waals surface area contributed by atoms with E-state index >= 15 is 0 Å². The normalized spacial score (nSPS) is 12.8. The number of hydrogen-bond acceptors (Lipinski definition) is 2. The SMILES string of the molecule is CCN(CC)C(O)Cc1cccn1Cc1ccc(Cl)cc1F. The van der Waals surface area contributed by atoms with Crippen LogP contribution < -0.4 is 0 Å². The van der Waals surface area contributed by atoms with Gasteiger partial charge in [0.1, 0.15) is 12.0 Å². The van der Waals surface area contributed by atoms with E-state index in [1.165, 1.54) is 6.07 Å². The van der Waals surface area contributed by atoms with Crippen molar-refractivity contribution in [2.45, 2.75) is 33.0 Å². The van der Waals surface area contributed by atoms with Gasteiger partial charge in [-0.3, -0.25) is 4.90 Å². The molecular formula is C17H22ClFN2O. The van der Waals surface area contributed by atoms with Crippen LogP contribution in [-0.2, 0) is 13.0 Å². The predicted molar refractivity (Wildman–Crippen MR) is 87.6 cm³/mol. The first-order valence-electron chi connectivity index (χ1n) is 7.55. The number of halogens is 2. The molecule has 3 nitrogen and oxygen atoms in total. The van der Waals surface area contributed by atoms with Gasteiger partial charge in [0.2, 0.25) is 0 Å². The molecule has 5 heteroatoms. The summed E-state index contributed by atoms with van der Waals surface area (Å²) < 4.78 is 15.9. The summed E-state index contributed by atoms with van der Waals surface area (Å²) in [5, 5.41) is 10.7. The van der Waals surface area contributed by atoms with Crippen molar-refractivity contribution in [2.75, 3.05) is 13.1 Å². The van der Waals surface area contributed by atoms with Crippen LogP contribution in [0, 0.1) is 5.82 Å². The lowest BCUT2D eigenvalue weighted by atomic mass is 10.2. The lowest BCUT2D eigenvalue weighted by Crippen LogP contribution is -2.36. The van der Waals surface area contributed by atoms with Gasteiger partial charge < -0.3 is 9.67 Å². The number of rotatable bonds is 7. The zero-order chi connectivity index (χ0) is 16.1. The van der Waals surface area contributed by atoms with E-state index in [-0.39, 0.29) is 5.82 Å². The minimum Gasteiger partial charge on any atom is -0.378 e. The second kappa shape index (κ2) is 7.77. The first-order valence-corrected chi connectivity index (χ1v) is 7.93. The van der Waals surface area contributed by atoms with E-state index in [2.05, 4.69) is 0 Å². The van der Waals surface area contributed by atoms with Crippen LogP contribution in [0.3, 0.4) is 0 Å². The topological polar surface area (TPSA) is 28.4 Å². The number of benzene rings is 1. The Kier molecular flexibility index (Phi) is 6.00. The number of aromatic nitrogens is 1. The van der Waals surface area contributed by atoms with Crippen LogP contribution in [0.4, 0.5) is 4.39 Å². The fourth-order valence-electron chi connectivity index (χ4n) is 2.58. The molecule has 2 aromatic rings. The third-order valence-corrected chi connectivity index (χ3v) is 4.14. The molecule has 2 rings (SSSR count). The maximum atomic E-state index is 13.9. The first kappa shape index (κ1) is 17.0. The fourth-order valence-corrected chi connectivity index (χ4v) is 2.74. The average molecular weight is 325 g/mol. The van der Waals surface area contributed by atoms with Crippen molar-refractivity contribution >= 4 is 11.6 Å². The number of likely N-dealkylation sites (N-methyl/N-ethyl adjacent to an activating group) is 1. The lowest BCUT2D eigenvalue weighted by Gasteiger charge is -2.25. The Bertz CT molecular complexity index is 610. The highest BCUT2D eigenvalue weighted by molar-refractivity contribution is 6.30. The van der Waals surface area contributed by atoms with Crippen LogP contribution in [0.2, 0.25) is 5.02 Å². The molecule has 22 heavy (non-hydrogen) atoms. The largest absolute Gasteiger partial charge is 0.378 e. The van der Waals surface area contributed by atoms with Gasteiger partial charge in [0.25, 0.3) is 0 Å². The van der Waals surface area contributed by atoms with Crippen LogP contribution in [0.15, 0.2) is 36.5 Å². The minimum atomic E-state index is -0.529. The average Bonchev–Trinajstić information content (AvgIpc) is 2.90. The molecule has 1 N–H and O–H groups in total. The molecule has 1 unspecified atom stereocenters. The van der Waals surface area contributed by atoms with Crippen LogP contribution in [0.5, 0.6) is 0 Å². The Balaban J connectivity index is 2.12. The molecule has 1 aromatic heterocycles. The smallest absolute Gasteiger partial charge is 0.129 e. The Morgan fingerprint density at radius 1 is 1.27 bits per heavy atom. The summed E-state index contributed by atoms with van der Waals surface area (Å²) in [6.45, 7) is 6.06. The van der Waals surface area contributed by atoms with Crippen molar-refractivity contribution in [1.29, 1.82) is 0 Å². The third kappa shape index (κ3) is 4.09. The van der Waals surface area contributed by atoms with Crippen LogP contribution in [0.1, 0.15) is 25.1 Å². The van der Waals surface area contributed by atoms with Gasteiger partial charge in [0.05, 0.1) is 6.54 Å². The Labute approximate surface area is 135 Å². The van der Waals surface area contributed by atoms with E-state index in [9.17, 15) is 9.50 Å². The summed E-state index contributed by atoms with van der Waals surface area (Å²) in [6, 6.07) is 8.58. The summed E-state index contributed by atoms with van der Waals surface area (Å²) in [4.78, 5) is 1.99. The highest BCUT2D eigenvalue weighted by Crippen LogP contribution is 2.17. The first-order chi connectivity index (χ1) is 10.5. The van der Waals surface area contributed by atoms with Crippen LogP contribution >= 0.6 is 11.6 Å². The van der Waals surface area contributed by atoms with Gasteiger partial charge in [0.15, 0.2) is 0 Å². The molecule has 0 saturated carbocycles. The van der Waals surface area contributed by atoms with Crippen molar-refractivity contribution in [2.24, 2.45) is 0 Å². The molecule has 0 bridgehead atoms. The lowest BCUT2D eigenvalue weighted by molar-refractivity contribution is 0.0103. The molecule has 0 aliphatic carbocycles. The number of hydrogen-bond donors (Lipinski definition) is 1. The molecule has 0 radical (unpaired) electrons. The van der Waals surface area contributed by atoms with Crippen molar-refractivity contribution in [1.82, 2.24) is 9.47 Å². The maximum Gasteiger partial charge on any atom is 0.129 e. The van der Waals surface area contributed by atoms with Crippen molar-refractivity contribution in [3.8, 4) is 0 Å². The Morgan fingerprint density at radius 3 is 2.64 bits per heavy atom. The molecule has 1 heterocycles. The molecule has 1 aromatic carbocycles. The highest BCUT2D eigenvalue weighted by atomic mass is 35.5. The predicted octanol–water partition coefficient (Wildman–Crippen LogP) is 3.53. The van der Waals surface area contributed by atoms with Crippen molar-refractivity contribution in [3.63, 3.8) is 0 Å².